The Kier molecular flexibility index (Phi) is 7.11. The van der Waals surface area contributed by atoms with Crippen molar-refractivity contribution < 1.29 is 19.4 Å². The highest BCUT2D eigenvalue weighted by atomic mass is 16.5. The Morgan fingerprint density at radius 3 is 2.68 bits per heavy atom. The quantitative estimate of drug-likeness (QED) is 0.284. The molecule has 1 aromatic rings. The van der Waals surface area contributed by atoms with Crippen molar-refractivity contribution >= 4 is 29.6 Å². The first-order chi connectivity index (χ1) is 18.2. The van der Waals surface area contributed by atoms with Crippen LogP contribution in [0.15, 0.2) is 18.2 Å². The number of ether oxygens (including phenoxy) is 1. The topological polar surface area (TPSA) is 156 Å². The molecule has 2 amide bonds. The molecule has 1 aliphatic heterocycles. The summed E-state index contributed by atoms with van der Waals surface area (Å²) in [6.45, 7) is 0.549. The summed E-state index contributed by atoms with van der Waals surface area (Å²) in [4.78, 5) is 29.7. The van der Waals surface area contributed by atoms with Crippen molar-refractivity contribution in [3.8, 4) is 5.75 Å². The Bertz CT molecular complexity index is 1120. The number of nitrogens with two attached hydrogens (primary N) is 1. The van der Waals surface area contributed by atoms with E-state index in [9.17, 15) is 14.7 Å². The first kappa shape index (κ1) is 26.5. The minimum absolute atomic E-state index is 0.0294. The van der Waals surface area contributed by atoms with Gasteiger partial charge in [0.1, 0.15) is 17.6 Å². The molecular formula is C28H40N6O4. The highest BCUT2D eigenvalue weighted by molar-refractivity contribution is 6.04. The van der Waals surface area contributed by atoms with Crippen LogP contribution in [0.5, 0.6) is 5.75 Å². The predicted molar refractivity (Wildman–Crippen MR) is 145 cm³/mol. The van der Waals surface area contributed by atoms with E-state index in [0.717, 1.165) is 38.5 Å². The Balaban J connectivity index is 1.25. The van der Waals surface area contributed by atoms with Gasteiger partial charge in [-0.3, -0.25) is 15.0 Å². The van der Waals surface area contributed by atoms with Gasteiger partial charge in [0.2, 0.25) is 5.91 Å². The number of hydrogen-bond acceptors (Lipinski definition) is 7. The average molecular weight is 525 g/mol. The molecule has 38 heavy (non-hydrogen) atoms. The smallest absolute Gasteiger partial charge is 0.251 e. The van der Waals surface area contributed by atoms with Crippen molar-refractivity contribution in [1.29, 1.82) is 10.8 Å². The molecule has 1 aromatic carbocycles. The fraction of sp³-hybridized carbons (Fsp3) is 0.643. The average Bonchev–Trinajstić information content (AvgIpc) is 3.55. The number of nitrogens with zero attached hydrogens (tertiary/aromatic N) is 2. The normalized spacial score (nSPS) is 32.7. The standard InChI is InChI=1S/C28H40N6O4/c1-33-22(14-29)25(31)34(15-28(9-10-28)27(33)37)19-6-3-16(11-19)20-13-18(5-8-23(20)35)32-26(36)17-4-7-21(30)24(12-17)38-2/h4,7,12,14,16,18-20,22-23,29,31,35H,3,5-6,8-11,13,15,30H2,1-2H3,(H,32,36). The fourth-order valence-corrected chi connectivity index (χ4v) is 6.98. The lowest BCUT2D eigenvalue weighted by molar-refractivity contribution is -0.135. The Labute approximate surface area is 223 Å². The number of carbonyl (C=O) groups excluding carboxylic acids is 2. The molecule has 3 saturated carbocycles. The molecule has 1 heterocycles. The zero-order valence-electron chi connectivity index (χ0n) is 22.3. The summed E-state index contributed by atoms with van der Waals surface area (Å²) < 4.78 is 5.25. The molecule has 206 valence electrons. The second kappa shape index (κ2) is 10.2. The summed E-state index contributed by atoms with van der Waals surface area (Å²) in [6.07, 6.45) is 7.22. The molecular weight excluding hydrogens is 484 g/mol. The van der Waals surface area contributed by atoms with E-state index in [1.807, 2.05) is 0 Å². The summed E-state index contributed by atoms with van der Waals surface area (Å²) in [6, 6.07) is 4.47. The molecule has 6 N–H and O–H groups in total. The molecule has 4 aliphatic rings. The maximum absolute atomic E-state index is 13.1. The number of nitrogens with one attached hydrogen (secondary N) is 3. The minimum atomic E-state index is -0.631. The second-order valence-electron chi connectivity index (χ2n) is 11.7. The molecule has 4 fully saturated rings. The van der Waals surface area contributed by atoms with Crippen LogP contribution in [0.3, 0.4) is 0 Å². The second-order valence-corrected chi connectivity index (χ2v) is 11.7. The van der Waals surface area contributed by atoms with Gasteiger partial charge in [-0.2, -0.15) is 0 Å². The van der Waals surface area contributed by atoms with Crippen LogP contribution >= 0.6 is 0 Å². The third kappa shape index (κ3) is 4.74. The summed E-state index contributed by atoms with van der Waals surface area (Å²) in [5.74, 6) is 1.03. The molecule has 6 atom stereocenters. The van der Waals surface area contributed by atoms with Gasteiger partial charge < -0.3 is 36.1 Å². The molecule has 0 bridgehead atoms. The Hall–Kier alpha value is -3.14. The van der Waals surface area contributed by atoms with Crippen molar-refractivity contribution in [2.45, 2.75) is 75.6 Å². The van der Waals surface area contributed by atoms with Crippen molar-refractivity contribution in [3.05, 3.63) is 23.8 Å². The lowest BCUT2D eigenvalue weighted by Gasteiger charge is -2.38. The summed E-state index contributed by atoms with van der Waals surface area (Å²) in [7, 11) is 3.23. The molecule has 1 saturated heterocycles. The van der Waals surface area contributed by atoms with Crippen molar-refractivity contribution in [2.75, 3.05) is 26.4 Å². The van der Waals surface area contributed by atoms with E-state index >= 15 is 0 Å². The van der Waals surface area contributed by atoms with Crippen LogP contribution in [-0.4, -0.2) is 83.7 Å². The number of benzene rings is 1. The van der Waals surface area contributed by atoms with Gasteiger partial charge in [0.15, 0.2) is 0 Å². The van der Waals surface area contributed by atoms with Crippen molar-refractivity contribution in [2.24, 2.45) is 17.3 Å². The minimum Gasteiger partial charge on any atom is -0.495 e. The number of carbonyl (C=O) groups is 2. The number of rotatable bonds is 6. The third-order valence-corrected chi connectivity index (χ3v) is 9.45. The zero-order valence-corrected chi connectivity index (χ0v) is 22.3. The van der Waals surface area contributed by atoms with Gasteiger partial charge in [-0.15, -0.1) is 0 Å². The zero-order chi connectivity index (χ0) is 27.2. The third-order valence-electron chi connectivity index (χ3n) is 9.45. The number of methoxy groups -OCH3 is 1. The van der Waals surface area contributed by atoms with Crippen LogP contribution < -0.4 is 15.8 Å². The van der Waals surface area contributed by atoms with Gasteiger partial charge in [-0.1, -0.05) is 0 Å². The number of likely N-dealkylation sites (N-methyl/N-ethyl adjacent to an activating group) is 1. The molecule has 0 radical (unpaired) electrons. The Morgan fingerprint density at radius 2 is 2.00 bits per heavy atom. The summed E-state index contributed by atoms with van der Waals surface area (Å²) in [5, 5.41) is 30.9. The van der Waals surface area contributed by atoms with Gasteiger partial charge in [0, 0.05) is 37.5 Å². The van der Waals surface area contributed by atoms with Gasteiger partial charge >= 0.3 is 0 Å². The van der Waals surface area contributed by atoms with Crippen LogP contribution in [0.4, 0.5) is 5.69 Å². The number of anilines is 1. The maximum atomic E-state index is 13.1. The molecule has 10 heteroatoms. The van der Waals surface area contributed by atoms with E-state index in [1.165, 1.54) is 13.3 Å². The number of hydrogen-bond donors (Lipinski definition) is 5. The van der Waals surface area contributed by atoms with Gasteiger partial charge in [-0.25, -0.2) is 0 Å². The van der Waals surface area contributed by atoms with E-state index < -0.39 is 17.6 Å². The Morgan fingerprint density at radius 1 is 1.24 bits per heavy atom. The number of aliphatic hydroxyl groups excluding tert-OH is 1. The SMILES string of the molecule is COc1cc(C(=O)NC2CCC(O)C(C3CCC(N4CC5(CC5)C(=O)N(C)C(C=N)C4=N)C3)C2)ccc1N. The fourth-order valence-electron chi connectivity index (χ4n) is 6.98. The van der Waals surface area contributed by atoms with Gasteiger partial charge in [-0.05, 0) is 81.4 Å². The van der Waals surface area contributed by atoms with Crippen LogP contribution in [0, 0.1) is 28.1 Å². The maximum Gasteiger partial charge on any atom is 0.251 e. The monoisotopic (exact) mass is 524 g/mol. The number of amidine groups is 1. The van der Waals surface area contributed by atoms with Gasteiger partial charge in [0.25, 0.3) is 5.91 Å². The van der Waals surface area contributed by atoms with Crippen LogP contribution in [0.25, 0.3) is 0 Å². The van der Waals surface area contributed by atoms with E-state index in [1.54, 1.807) is 30.1 Å². The number of aliphatic hydroxyl groups is 1. The molecule has 10 nitrogen and oxygen atoms in total. The lowest BCUT2D eigenvalue weighted by Crippen LogP contribution is -2.49. The van der Waals surface area contributed by atoms with Crippen LogP contribution in [0.2, 0.25) is 0 Å². The van der Waals surface area contributed by atoms with Crippen LogP contribution in [0.1, 0.15) is 61.7 Å². The van der Waals surface area contributed by atoms with E-state index in [0.29, 0.717) is 42.2 Å². The highest BCUT2D eigenvalue weighted by Crippen LogP contribution is 2.51. The number of amides is 2. The molecule has 5 rings (SSSR count). The molecule has 1 spiro atoms. The first-order valence-electron chi connectivity index (χ1n) is 13.7. The molecule has 6 unspecified atom stereocenters. The van der Waals surface area contributed by atoms with Crippen LogP contribution in [-0.2, 0) is 4.79 Å². The van der Waals surface area contributed by atoms with E-state index in [2.05, 4.69) is 10.2 Å². The van der Waals surface area contributed by atoms with Crippen molar-refractivity contribution in [1.82, 2.24) is 15.1 Å². The van der Waals surface area contributed by atoms with Crippen molar-refractivity contribution in [3.63, 3.8) is 0 Å². The first-order valence-corrected chi connectivity index (χ1v) is 13.7. The van der Waals surface area contributed by atoms with E-state index in [-0.39, 0.29) is 35.7 Å². The molecule has 3 aliphatic carbocycles. The molecule has 0 aromatic heterocycles. The van der Waals surface area contributed by atoms with Gasteiger partial charge in [0.05, 0.1) is 24.3 Å². The summed E-state index contributed by atoms with van der Waals surface area (Å²) >= 11 is 0. The van der Waals surface area contributed by atoms with E-state index in [4.69, 9.17) is 21.3 Å². The summed E-state index contributed by atoms with van der Waals surface area (Å²) in [5.41, 5.74) is 6.45. The largest absolute Gasteiger partial charge is 0.495 e. The highest BCUT2D eigenvalue weighted by Gasteiger charge is 2.57. The predicted octanol–water partition coefficient (Wildman–Crippen LogP) is 2.26. The number of nitrogen functional groups attached to an aromatic ring is 1. The lowest BCUT2D eigenvalue weighted by atomic mass is 9.75.